The molecule has 3 aliphatic rings. The zero-order chi connectivity index (χ0) is 39.5. The van der Waals surface area contributed by atoms with Crippen molar-refractivity contribution in [2.24, 2.45) is 0 Å². The Bertz CT molecular complexity index is 2320. The highest BCUT2D eigenvalue weighted by Crippen LogP contribution is 2.47. The number of hydrogen-bond acceptors (Lipinski definition) is 11. The van der Waals surface area contributed by atoms with E-state index in [4.69, 9.17) is 9.47 Å². The standard InChI is InChI=1S/C43H42BrN5O7S/c44-28-5-3-27(4-6-28)40-39(34-14-8-30(50)26-37(34)57-40)56-32-11-9-31(10-12-32)55-24-23-48-20-2-19-47(21-22-48)18-1-17-45-29-7-13-33-35(25-29)43(54)49(42(33)53)36-15-16-38(51)46-41(36)52/h3-14,25-26,36,45,50H,1-2,15-24H2,(H,46,51,52). The first kappa shape index (κ1) is 38.6. The molecule has 0 spiro atoms. The number of nitrogens with one attached hydrogen (secondary N) is 2. The average Bonchev–Trinajstić information content (AvgIpc) is 3.55. The minimum Gasteiger partial charge on any atom is -0.508 e. The van der Waals surface area contributed by atoms with E-state index in [2.05, 4.69) is 48.5 Å². The maximum Gasteiger partial charge on any atom is 0.262 e. The molecule has 14 heteroatoms. The summed E-state index contributed by atoms with van der Waals surface area (Å²) in [7, 11) is 0. The molecule has 0 saturated carbocycles. The number of thiophene rings is 1. The highest BCUT2D eigenvalue weighted by Gasteiger charge is 2.44. The number of benzene rings is 4. The highest BCUT2D eigenvalue weighted by molar-refractivity contribution is 9.10. The Balaban J connectivity index is 0.771. The van der Waals surface area contributed by atoms with Crippen LogP contribution in [0.25, 0.3) is 20.5 Å². The second kappa shape index (κ2) is 17.1. The number of rotatable bonds is 13. The van der Waals surface area contributed by atoms with E-state index < -0.39 is 29.7 Å². The monoisotopic (exact) mass is 851 g/mol. The number of fused-ring (bicyclic) bond motifs is 2. The summed E-state index contributed by atoms with van der Waals surface area (Å²) >= 11 is 5.10. The summed E-state index contributed by atoms with van der Waals surface area (Å²) in [5.74, 6) is 0.450. The molecule has 12 nitrogen and oxygen atoms in total. The first-order chi connectivity index (χ1) is 27.7. The van der Waals surface area contributed by atoms with Gasteiger partial charge < -0.3 is 24.8 Å². The molecule has 1 unspecified atom stereocenters. The second-order valence-electron chi connectivity index (χ2n) is 14.4. The lowest BCUT2D eigenvalue weighted by atomic mass is 10.0. The minimum absolute atomic E-state index is 0.0899. The van der Waals surface area contributed by atoms with Crippen molar-refractivity contribution in [3.63, 3.8) is 0 Å². The molecule has 4 amide bonds. The third-order valence-electron chi connectivity index (χ3n) is 10.6. The summed E-state index contributed by atoms with van der Waals surface area (Å²) in [5, 5.41) is 16.6. The number of phenolic OH excluding ortho intramolecular Hbond substituents is 1. The third kappa shape index (κ3) is 8.69. The summed E-state index contributed by atoms with van der Waals surface area (Å²) in [5.41, 5.74) is 2.33. The largest absolute Gasteiger partial charge is 0.508 e. The number of carbonyl (C=O) groups is 4. The number of imide groups is 2. The third-order valence-corrected chi connectivity index (χ3v) is 12.3. The van der Waals surface area contributed by atoms with Gasteiger partial charge in [0.15, 0.2) is 5.75 Å². The Labute approximate surface area is 342 Å². The first-order valence-corrected chi connectivity index (χ1v) is 20.8. The number of hydrogen-bond donors (Lipinski definition) is 3. The molecule has 0 bridgehead atoms. The quantitative estimate of drug-likeness (QED) is 0.0829. The second-order valence-corrected chi connectivity index (χ2v) is 16.4. The van der Waals surface area contributed by atoms with Gasteiger partial charge in [-0.1, -0.05) is 28.1 Å². The fourth-order valence-electron chi connectivity index (χ4n) is 7.56. The number of carbonyl (C=O) groups excluding carboxylic acids is 4. The maximum atomic E-state index is 13.2. The van der Waals surface area contributed by atoms with Gasteiger partial charge in [0.25, 0.3) is 11.8 Å². The molecular formula is C43H42BrN5O7S. The van der Waals surface area contributed by atoms with Crippen molar-refractivity contribution < 1.29 is 33.8 Å². The van der Waals surface area contributed by atoms with Crippen LogP contribution in [0.2, 0.25) is 0 Å². The predicted octanol–water partition coefficient (Wildman–Crippen LogP) is 7.12. The van der Waals surface area contributed by atoms with Crippen LogP contribution >= 0.6 is 27.3 Å². The van der Waals surface area contributed by atoms with E-state index in [0.29, 0.717) is 18.9 Å². The molecule has 3 N–H and O–H groups in total. The van der Waals surface area contributed by atoms with Crippen molar-refractivity contribution >= 4 is 66.7 Å². The lowest BCUT2D eigenvalue weighted by Gasteiger charge is -2.27. The van der Waals surface area contributed by atoms with Gasteiger partial charge in [-0.05, 0) is 117 Å². The summed E-state index contributed by atoms with van der Waals surface area (Å²) in [4.78, 5) is 57.0. The van der Waals surface area contributed by atoms with E-state index in [1.54, 1.807) is 41.7 Å². The lowest BCUT2D eigenvalue weighted by molar-refractivity contribution is -0.136. The Morgan fingerprint density at radius 3 is 2.33 bits per heavy atom. The van der Waals surface area contributed by atoms with Crippen molar-refractivity contribution in [3.8, 4) is 33.4 Å². The number of nitrogens with zero attached hydrogens (tertiary/aromatic N) is 3. The molecule has 0 aliphatic carbocycles. The Kier molecular flexibility index (Phi) is 11.6. The highest BCUT2D eigenvalue weighted by atomic mass is 79.9. The van der Waals surface area contributed by atoms with Crippen LogP contribution in [0.15, 0.2) is 89.4 Å². The molecule has 294 valence electrons. The van der Waals surface area contributed by atoms with Crippen molar-refractivity contribution in [1.29, 1.82) is 0 Å². The minimum atomic E-state index is -0.974. The van der Waals surface area contributed by atoms with Gasteiger partial charge in [0, 0.05) is 52.8 Å². The molecule has 8 rings (SSSR count). The molecule has 4 heterocycles. The van der Waals surface area contributed by atoms with Crippen LogP contribution in [0.3, 0.4) is 0 Å². The average molecular weight is 853 g/mol. The maximum absolute atomic E-state index is 13.2. The Morgan fingerprint density at radius 2 is 1.56 bits per heavy atom. The van der Waals surface area contributed by atoms with E-state index >= 15 is 0 Å². The van der Waals surface area contributed by atoms with E-state index in [-0.39, 0.29) is 29.7 Å². The van der Waals surface area contributed by atoms with Gasteiger partial charge in [-0.3, -0.25) is 34.3 Å². The molecule has 5 aromatic rings. The van der Waals surface area contributed by atoms with Crippen LogP contribution in [0.1, 0.15) is 46.4 Å². The van der Waals surface area contributed by atoms with E-state index in [1.165, 1.54) is 0 Å². The molecule has 57 heavy (non-hydrogen) atoms. The van der Waals surface area contributed by atoms with Crippen molar-refractivity contribution in [1.82, 2.24) is 20.0 Å². The van der Waals surface area contributed by atoms with Crippen LogP contribution in [0.4, 0.5) is 5.69 Å². The van der Waals surface area contributed by atoms with Crippen LogP contribution in [-0.4, -0.2) is 102 Å². The molecule has 3 aliphatic heterocycles. The van der Waals surface area contributed by atoms with Crippen LogP contribution in [0.5, 0.6) is 23.0 Å². The number of halogens is 1. The normalized spacial score (nSPS) is 17.8. The number of aromatic hydroxyl groups is 1. The fraction of sp³-hybridized carbons (Fsp3) is 0.302. The number of phenols is 1. The molecule has 0 radical (unpaired) electrons. The number of piperidine rings is 1. The topological polar surface area (TPSA) is 141 Å². The van der Waals surface area contributed by atoms with Crippen LogP contribution < -0.4 is 20.1 Å². The zero-order valence-corrected chi connectivity index (χ0v) is 33.6. The smallest absolute Gasteiger partial charge is 0.262 e. The fourth-order valence-corrected chi connectivity index (χ4v) is 8.99. The SMILES string of the molecule is O=C1CCC(N2C(=O)c3ccc(NCCCN4CCCN(CCOc5ccc(Oc6c(-c7ccc(Br)cc7)sc7cc(O)ccc67)cc5)CC4)cc3C2=O)C(=O)N1. The molecule has 2 fully saturated rings. The molecular weight excluding hydrogens is 810 g/mol. The van der Waals surface area contributed by atoms with E-state index in [0.717, 1.165) is 99.2 Å². The molecule has 1 atom stereocenters. The van der Waals surface area contributed by atoms with Gasteiger partial charge in [-0.2, -0.15) is 0 Å². The number of ether oxygens (including phenoxy) is 2. The summed E-state index contributed by atoms with van der Waals surface area (Å²) in [6, 6.07) is 25.3. The van der Waals surface area contributed by atoms with Gasteiger partial charge in [0.1, 0.15) is 29.9 Å². The van der Waals surface area contributed by atoms with Crippen LogP contribution in [-0.2, 0) is 9.59 Å². The van der Waals surface area contributed by atoms with E-state index in [1.807, 2.05) is 42.5 Å². The van der Waals surface area contributed by atoms with Crippen molar-refractivity contribution in [2.75, 3.05) is 57.7 Å². The van der Waals surface area contributed by atoms with Gasteiger partial charge in [0.2, 0.25) is 11.8 Å². The Morgan fingerprint density at radius 1 is 0.825 bits per heavy atom. The summed E-state index contributed by atoms with van der Waals surface area (Å²) < 4.78 is 14.6. The molecule has 1 aromatic heterocycles. The van der Waals surface area contributed by atoms with Crippen LogP contribution in [0, 0.1) is 0 Å². The van der Waals surface area contributed by atoms with Gasteiger partial charge in [0.05, 0.1) is 16.0 Å². The van der Waals surface area contributed by atoms with Gasteiger partial charge in [-0.15, -0.1) is 11.3 Å². The van der Waals surface area contributed by atoms with E-state index in [9.17, 15) is 24.3 Å². The lowest BCUT2D eigenvalue weighted by Crippen LogP contribution is -2.54. The van der Waals surface area contributed by atoms with Crippen molar-refractivity contribution in [2.45, 2.75) is 31.7 Å². The zero-order valence-electron chi connectivity index (χ0n) is 31.2. The number of amides is 4. The first-order valence-electron chi connectivity index (χ1n) is 19.2. The van der Waals surface area contributed by atoms with Crippen molar-refractivity contribution in [3.05, 3.63) is 101 Å². The number of anilines is 1. The van der Waals surface area contributed by atoms with Gasteiger partial charge >= 0.3 is 0 Å². The molecule has 2 saturated heterocycles. The molecule has 4 aromatic carbocycles. The Hall–Kier alpha value is -5.28. The van der Waals surface area contributed by atoms with Gasteiger partial charge in [-0.25, -0.2) is 0 Å². The predicted molar refractivity (Wildman–Crippen MR) is 222 cm³/mol. The summed E-state index contributed by atoms with van der Waals surface area (Å²) in [6.07, 6.45) is 2.21. The summed E-state index contributed by atoms with van der Waals surface area (Å²) in [6.45, 7) is 7.01.